The van der Waals surface area contributed by atoms with Crippen LogP contribution < -0.4 is 10.2 Å². The van der Waals surface area contributed by atoms with E-state index >= 15 is 0 Å². The summed E-state index contributed by atoms with van der Waals surface area (Å²) in [6.07, 6.45) is 0.953. The molecule has 3 rings (SSSR count). The summed E-state index contributed by atoms with van der Waals surface area (Å²) in [7, 11) is 1.57. The van der Waals surface area contributed by atoms with Gasteiger partial charge < -0.3 is 10.2 Å². The smallest absolute Gasteiger partial charge is 0.171 e. The van der Waals surface area contributed by atoms with Crippen LogP contribution in [-0.2, 0) is 6.42 Å². The Hall–Kier alpha value is -2.17. The second kappa shape index (κ2) is 5.31. The van der Waals surface area contributed by atoms with Crippen LogP contribution in [0.1, 0.15) is 12.5 Å². The van der Waals surface area contributed by atoms with Gasteiger partial charge in [0.05, 0.1) is 0 Å². The minimum atomic E-state index is -0.683. The maximum absolute atomic E-state index is 14.2. The molecule has 1 aromatic carbocycles. The summed E-state index contributed by atoms with van der Waals surface area (Å²) in [6, 6.07) is 8.77. The van der Waals surface area contributed by atoms with Gasteiger partial charge in [0.25, 0.3) is 0 Å². The Morgan fingerprint density at radius 3 is 2.76 bits per heavy atom. The van der Waals surface area contributed by atoms with E-state index in [-0.39, 0.29) is 11.6 Å². The topological polar surface area (TPSA) is 28.2 Å². The van der Waals surface area contributed by atoms with Gasteiger partial charge in [-0.1, -0.05) is 25.1 Å². The van der Waals surface area contributed by atoms with E-state index in [9.17, 15) is 8.78 Å². The first-order valence-electron chi connectivity index (χ1n) is 6.99. The Morgan fingerprint density at radius 2 is 2.00 bits per heavy atom. The van der Waals surface area contributed by atoms with Crippen molar-refractivity contribution in [3.63, 3.8) is 0 Å². The largest absolute Gasteiger partial charge is 0.371 e. The number of fused-ring (bicyclic) bond motifs is 1. The molecule has 2 heterocycles. The van der Waals surface area contributed by atoms with E-state index in [0.29, 0.717) is 12.5 Å². The van der Waals surface area contributed by atoms with Gasteiger partial charge in [-0.3, -0.25) is 0 Å². The fourth-order valence-corrected chi connectivity index (χ4v) is 2.82. The Morgan fingerprint density at radius 1 is 1.24 bits per heavy atom. The molecule has 5 heteroatoms. The van der Waals surface area contributed by atoms with Crippen molar-refractivity contribution in [2.24, 2.45) is 5.92 Å². The minimum Gasteiger partial charge on any atom is -0.371 e. The van der Waals surface area contributed by atoms with Crippen LogP contribution in [0.4, 0.5) is 26.1 Å². The van der Waals surface area contributed by atoms with Crippen molar-refractivity contribution in [3.05, 3.63) is 47.5 Å². The van der Waals surface area contributed by atoms with E-state index in [1.165, 1.54) is 0 Å². The molecule has 0 saturated carbocycles. The molecule has 110 valence electrons. The standard InChI is InChI=1S/C16H17F2N3/c1-10-7-11-5-3-4-6-14(11)21(9-10)16-13(18)8-12(17)15(19-2)20-16/h3-6,8,10H,7,9H2,1-2H3,(H,19,20). The summed E-state index contributed by atoms with van der Waals surface area (Å²) >= 11 is 0. The number of rotatable bonds is 2. The van der Waals surface area contributed by atoms with Crippen LogP contribution in [-0.4, -0.2) is 18.6 Å². The Bertz CT molecular complexity index is 673. The van der Waals surface area contributed by atoms with Gasteiger partial charge in [0.2, 0.25) is 0 Å². The average molecular weight is 289 g/mol. The zero-order chi connectivity index (χ0) is 15.0. The van der Waals surface area contributed by atoms with Crippen LogP contribution in [0.3, 0.4) is 0 Å². The van der Waals surface area contributed by atoms with E-state index in [2.05, 4.69) is 17.2 Å². The normalized spacial score (nSPS) is 17.5. The van der Waals surface area contributed by atoms with Crippen molar-refractivity contribution in [1.82, 2.24) is 4.98 Å². The molecule has 21 heavy (non-hydrogen) atoms. The fourth-order valence-electron chi connectivity index (χ4n) is 2.82. The highest BCUT2D eigenvalue weighted by Gasteiger charge is 2.26. The first-order chi connectivity index (χ1) is 10.1. The quantitative estimate of drug-likeness (QED) is 0.913. The van der Waals surface area contributed by atoms with Crippen LogP contribution in [0.25, 0.3) is 0 Å². The van der Waals surface area contributed by atoms with Crippen molar-refractivity contribution in [2.45, 2.75) is 13.3 Å². The fraction of sp³-hybridized carbons (Fsp3) is 0.312. The van der Waals surface area contributed by atoms with Gasteiger partial charge in [-0.2, -0.15) is 0 Å². The highest BCUT2D eigenvalue weighted by atomic mass is 19.1. The SMILES string of the molecule is CNc1nc(N2CC(C)Cc3ccccc32)c(F)cc1F. The van der Waals surface area contributed by atoms with Gasteiger partial charge in [-0.15, -0.1) is 0 Å². The summed E-state index contributed by atoms with van der Waals surface area (Å²) < 4.78 is 27.8. The van der Waals surface area contributed by atoms with Crippen LogP contribution in [0.5, 0.6) is 0 Å². The van der Waals surface area contributed by atoms with Crippen molar-refractivity contribution < 1.29 is 8.78 Å². The molecule has 0 radical (unpaired) electrons. The van der Waals surface area contributed by atoms with Gasteiger partial charge >= 0.3 is 0 Å². The second-order valence-corrected chi connectivity index (χ2v) is 5.42. The molecule has 1 aliphatic heterocycles. The number of hydrogen-bond donors (Lipinski definition) is 1. The number of hydrogen-bond acceptors (Lipinski definition) is 3. The molecule has 0 bridgehead atoms. The minimum absolute atomic E-state index is 0.0575. The van der Waals surface area contributed by atoms with Gasteiger partial charge in [0.15, 0.2) is 23.3 Å². The molecular formula is C16H17F2N3. The number of para-hydroxylation sites is 1. The highest BCUT2D eigenvalue weighted by Crippen LogP contribution is 2.36. The van der Waals surface area contributed by atoms with Crippen molar-refractivity contribution >= 4 is 17.3 Å². The third-order valence-electron chi connectivity index (χ3n) is 3.75. The summed E-state index contributed by atoms with van der Waals surface area (Å²) in [4.78, 5) is 5.94. The monoisotopic (exact) mass is 289 g/mol. The van der Waals surface area contributed by atoms with Crippen molar-refractivity contribution in [3.8, 4) is 0 Å². The van der Waals surface area contributed by atoms with E-state index in [0.717, 1.165) is 23.7 Å². The zero-order valence-corrected chi connectivity index (χ0v) is 12.0. The Kier molecular flexibility index (Phi) is 3.49. The van der Waals surface area contributed by atoms with Gasteiger partial charge in [-0.25, -0.2) is 13.8 Å². The average Bonchev–Trinajstić information content (AvgIpc) is 2.46. The number of halogens is 2. The lowest BCUT2D eigenvalue weighted by Gasteiger charge is -2.34. The third kappa shape index (κ3) is 2.44. The number of nitrogens with one attached hydrogen (secondary N) is 1. The predicted molar refractivity (Wildman–Crippen MR) is 80.0 cm³/mol. The van der Waals surface area contributed by atoms with Crippen molar-refractivity contribution in [2.75, 3.05) is 23.8 Å². The molecule has 1 aromatic heterocycles. The third-order valence-corrected chi connectivity index (χ3v) is 3.75. The molecule has 0 amide bonds. The van der Waals surface area contributed by atoms with E-state index in [4.69, 9.17) is 0 Å². The molecule has 1 atom stereocenters. The summed E-state index contributed by atoms with van der Waals surface area (Å²) in [5.74, 6) is -0.724. The number of nitrogens with zero attached hydrogens (tertiary/aromatic N) is 2. The number of anilines is 3. The van der Waals surface area contributed by atoms with Crippen LogP contribution in [0.15, 0.2) is 30.3 Å². The first kappa shape index (κ1) is 13.8. The Balaban J connectivity index is 2.12. The van der Waals surface area contributed by atoms with E-state index in [1.807, 2.05) is 29.2 Å². The summed E-state index contributed by atoms with van der Waals surface area (Å²) in [5.41, 5.74) is 2.10. The molecule has 0 aliphatic carbocycles. The summed E-state index contributed by atoms with van der Waals surface area (Å²) in [5, 5.41) is 2.66. The lowest BCUT2D eigenvalue weighted by Crippen LogP contribution is -2.31. The van der Waals surface area contributed by atoms with Crippen LogP contribution in [0, 0.1) is 17.6 Å². The molecule has 0 fully saturated rings. The van der Waals surface area contributed by atoms with Gasteiger partial charge in [0.1, 0.15) is 0 Å². The lowest BCUT2D eigenvalue weighted by atomic mass is 9.94. The number of benzene rings is 1. The summed E-state index contributed by atoms with van der Waals surface area (Å²) in [6.45, 7) is 2.78. The van der Waals surface area contributed by atoms with Gasteiger partial charge in [-0.05, 0) is 24.0 Å². The van der Waals surface area contributed by atoms with Crippen molar-refractivity contribution in [1.29, 1.82) is 0 Å². The number of aromatic nitrogens is 1. The number of pyridine rings is 1. The zero-order valence-electron chi connectivity index (χ0n) is 12.0. The lowest BCUT2D eigenvalue weighted by molar-refractivity contribution is 0.540. The molecule has 0 spiro atoms. The molecule has 0 saturated heterocycles. The van der Waals surface area contributed by atoms with Gasteiger partial charge in [0, 0.05) is 25.3 Å². The van der Waals surface area contributed by atoms with Crippen LogP contribution >= 0.6 is 0 Å². The molecule has 1 unspecified atom stereocenters. The van der Waals surface area contributed by atoms with Crippen LogP contribution in [0.2, 0.25) is 0 Å². The molecule has 3 nitrogen and oxygen atoms in total. The van der Waals surface area contributed by atoms with E-state index in [1.54, 1.807) is 7.05 Å². The first-order valence-corrected chi connectivity index (χ1v) is 6.99. The second-order valence-electron chi connectivity index (χ2n) is 5.42. The maximum atomic E-state index is 14.2. The molecule has 1 N–H and O–H groups in total. The predicted octanol–water partition coefficient (Wildman–Crippen LogP) is 3.73. The molecule has 2 aromatic rings. The van der Waals surface area contributed by atoms with E-state index < -0.39 is 11.6 Å². The molecule has 1 aliphatic rings. The highest BCUT2D eigenvalue weighted by molar-refractivity contribution is 5.67. The Labute approximate surface area is 122 Å². The maximum Gasteiger partial charge on any atom is 0.171 e. The molecular weight excluding hydrogens is 272 g/mol.